The lowest BCUT2D eigenvalue weighted by Crippen LogP contribution is -2.27. The van der Waals surface area contributed by atoms with E-state index in [1.54, 1.807) is 0 Å². The van der Waals surface area contributed by atoms with Gasteiger partial charge in [0.2, 0.25) is 5.89 Å². The number of hydrogen-bond donors (Lipinski definition) is 1. The minimum atomic E-state index is 0.0447. The second kappa shape index (κ2) is 7.23. The summed E-state index contributed by atoms with van der Waals surface area (Å²) in [6, 6.07) is 0.0447. The van der Waals surface area contributed by atoms with Crippen LogP contribution in [-0.4, -0.2) is 33.1 Å². The fourth-order valence-corrected chi connectivity index (χ4v) is 2.98. The number of nitrogens with zero attached hydrogens (tertiary/aromatic N) is 4. The van der Waals surface area contributed by atoms with E-state index >= 15 is 0 Å². The second-order valence-corrected chi connectivity index (χ2v) is 6.22. The van der Waals surface area contributed by atoms with Crippen molar-refractivity contribution in [3.63, 3.8) is 0 Å². The molecule has 7 heteroatoms. The summed E-state index contributed by atoms with van der Waals surface area (Å²) in [4.78, 5) is 4.44. The molecule has 3 heterocycles. The number of hydrogen-bond acceptors (Lipinski definition) is 6. The lowest BCUT2D eigenvalue weighted by Gasteiger charge is -2.19. The molecule has 0 aliphatic carbocycles. The Morgan fingerprint density at radius 2 is 2.35 bits per heavy atom. The smallest absolute Gasteiger partial charge is 0.243 e. The lowest BCUT2D eigenvalue weighted by molar-refractivity contribution is 0.0895. The highest BCUT2D eigenvalue weighted by atomic mass is 16.5. The van der Waals surface area contributed by atoms with Crippen molar-refractivity contribution in [2.24, 2.45) is 13.0 Å². The summed E-state index contributed by atoms with van der Waals surface area (Å²) in [5.74, 6) is 1.87. The molecule has 1 fully saturated rings. The normalized spacial score (nSPS) is 22.6. The molecule has 0 radical (unpaired) electrons. The number of aryl methyl sites for hydroxylation is 2. The summed E-state index contributed by atoms with van der Waals surface area (Å²) in [6.07, 6.45) is 6.96. The zero-order valence-corrected chi connectivity index (χ0v) is 14.0. The first kappa shape index (κ1) is 16.1. The predicted molar refractivity (Wildman–Crippen MR) is 84.7 cm³/mol. The Labute approximate surface area is 136 Å². The summed E-state index contributed by atoms with van der Waals surface area (Å²) in [6.45, 7) is 5.81. The molecule has 3 atom stereocenters. The van der Waals surface area contributed by atoms with E-state index in [0.29, 0.717) is 11.8 Å². The molecule has 23 heavy (non-hydrogen) atoms. The van der Waals surface area contributed by atoms with Gasteiger partial charge in [-0.25, -0.2) is 0 Å². The first-order valence-electron chi connectivity index (χ1n) is 8.33. The van der Waals surface area contributed by atoms with Crippen molar-refractivity contribution in [1.29, 1.82) is 0 Å². The quantitative estimate of drug-likeness (QED) is 0.843. The Balaban J connectivity index is 1.56. The number of rotatable bonds is 7. The van der Waals surface area contributed by atoms with E-state index in [4.69, 9.17) is 9.26 Å². The van der Waals surface area contributed by atoms with Gasteiger partial charge in [0.25, 0.3) is 0 Å². The molecule has 1 aliphatic heterocycles. The highest BCUT2D eigenvalue weighted by Crippen LogP contribution is 2.34. The summed E-state index contributed by atoms with van der Waals surface area (Å²) in [7, 11) is 1.93. The van der Waals surface area contributed by atoms with Gasteiger partial charge in [-0.05, 0) is 19.8 Å². The number of aromatic nitrogens is 4. The summed E-state index contributed by atoms with van der Waals surface area (Å²) in [5, 5.41) is 11.8. The van der Waals surface area contributed by atoms with E-state index in [2.05, 4.69) is 34.4 Å². The van der Waals surface area contributed by atoms with Crippen molar-refractivity contribution in [1.82, 2.24) is 25.2 Å². The zero-order valence-electron chi connectivity index (χ0n) is 14.0. The fraction of sp³-hybridized carbons (Fsp3) is 0.688. The van der Waals surface area contributed by atoms with Gasteiger partial charge in [-0.2, -0.15) is 10.1 Å². The van der Waals surface area contributed by atoms with Gasteiger partial charge in [0.05, 0.1) is 18.3 Å². The van der Waals surface area contributed by atoms with Gasteiger partial charge in [-0.15, -0.1) is 0 Å². The SMILES string of the molecule is CCCc1noc([C@H](C)NC[C@@H]2CCO[C@@H]2c2cnn(C)c2)n1. The van der Waals surface area contributed by atoms with Crippen molar-refractivity contribution in [3.05, 3.63) is 29.7 Å². The maximum Gasteiger partial charge on any atom is 0.243 e. The largest absolute Gasteiger partial charge is 0.373 e. The van der Waals surface area contributed by atoms with Crippen molar-refractivity contribution in [2.45, 2.75) is 45.3 Å². The molecule has 0 unspecified atom stereocenters. The predicted octanol–water partition coefficient (Wildman–Crippen LogP) is 2.18. The summed E-state index contributed by atoms with van der Waals surface area (Å²) < 4.78 is 13.1. The summed E-state index contributed by atoms with van der Waals surface area (Å²) in [5.41, 5.74) is 1.15. The van der Waals surface area contributed by atoms with Crippen molar-refractivity contribution in [3.8, 4) is 0 Å². The molecule has 0 aromatic carbocycles. The van der Waals surface area contributed by atoms with Crippen LogP contribution in [0.3, 0.4) is 0 Å². The summed E-state index contributed by atoms with van der Waals surface area (Å²) >= 11 is 0. The maximum absolute atomic E-state index is 5.89. The molecule has 1 N–H and O–H groups in total. The van der Waals surface area contributed by atoms with E-state index in [9.17, 15) is 0 Å². The Bertz CT molecular complexity index is 624. The first-order chi connectivity index (χ1) is 11.2. The first-order valence-corrected chi connectivity index (χ1v) is 8.33. The van der Waals surface area contributed by atoms with E-state index in [1.807, 2.05) is 24.1 Å². The molecule has 1 aliphatic rings. The van der Waals surface area contributed by atoms with Gasteiger partial charge in [-0.1, -0.05) is 12.1 Å². The van der Waals surface area contributed by atoms with E-state index in [0.717, 1.165) is 43.8 Å². The molecule has 0 amide bonds. The minimum Gasteiger partial charge on any atom is -0.373 e. The average Bonchev–Trinajstić information content (AvgIpc) is 3.25. The van der Waals surface area contributed by atoms with E-state index in [-0.39, 0.29) is 12.1 Å². The van der Waals surface area contributed by atoms with Crippen LogP contribution in [0, 0.1) is 5.92 Å². The Morgan fingerprint density at radius 1 is 1.48 bits per heavy atom. The molecular weight excluding hydrogens is 294 g/mol. The third-order valence-corrected chi connectivity index (χ3v) is 4.28. The van der Waals surface area contributed by atoms with Crippen molar-refractivity contribution in [2.75, 3.05) is 13.2 Å². The Kier molecular flexibility index (Phi) is 5.07. The number of ether oxygens (including phenoxy) is 1. The van der Waals surface area contributed by atoms with E-state index < -0.39 is 0 Å². The molecule has 7 nitrogen and oxygen atoms in total. The molecule has 3 rings (SSSR count). The lowest BCUT2D eigenvalue weighted by atomic mass is 9.97. The van der Waals surface area contributed by atoms with Gasteiger partial charge in [0, 0.05) is 44.3 Å². The fourth-order valence-electron chi connectivity index (χ4n) is 2.98. The molecule has 2 aromatic rings. The molecule has 0 spiro atoms. The van der Waals surface area contributed by atoms with Crippen molar-refractivity contribution < 1.29 is 9.26 Å². The Hall–Kier alpha value is -1.73. The van der Waals surface area contributed by atoms with Gasteiger partial charge in [-0.3, -0.25) is 4.68 Å². The molecule has 126 valence electrons. The van der Waals surface area contributed by atoms with Gasteiger partial charge in [0.1, 0.15) is 0 Å². The molecule has 0 saturated carbocycles. The van der Waals surface area contributed by atoms with Crippen LogP contribution in [0.5, 0.6) is 0 Å². The van der Waals surface area contributed by atoms with Gasteiger partial charge in [0.15, 0.2) is 5.82 Å². The van der Waals surface area contributed by atoms with E-state index in [1.165, 1.54) is 0 Å². The van der Waals surface area contributed by atoms with Crippen LogP contribution >= 0.6 is 0 Å². The molecular formula is C16H25N5O2. The van der Waals surface area contributed by atoms with Crippen LogP contribution in [0.2, 0.25) is 0 Å². The topological polar surface area (TPSA) is 78.0 Å². The second-order valence-electron chi connectivity index (χ2n) is 6.22. The van der Waals surface area contributed by atoms with Crippen LogP contribution in [0.25, 0.3) is 0 Å². The highest BCUT2D eigenvalue weighted by molar-refractivity contribution is 5.11. The maximum atomic E-state index is 5.89. The molecule has 1 saturated heterocycles. The third kappa shape index (κ3) is 3.79. The van der Waals surface area contributed by atoms with Crippen molar-refractivity contribution >= 4 is 0 Å². The zero-order chi connectivity index (χ0) is 16.2. The standard InChI is InChI=1S/C16H25N5O2/c1-4-5-14-19-16(23-20-14)11(2)17-8-12-6-7-22-15(12)13-9-18-21(3)10-13/h9-12,15,17H,4-8H2,1-3H3/t11-,12-,15-/m0/s1. The highest BCUT2D eigenvalue weighted by Gasteiger charge is 2.31. The monoisotopic (exact) mass is 319 g/mol. The minimum absolute atomic E-state index is 0.0447. The average molecular weight is 319 g/mol. The van der Waals surface area contributed by atoms with Crippen LogP contribution in [-0.2, 0) is 18.2 Å². The Morgan fingerprint density at radius 3 is 3.09 bits per heavy atom. The van der Waals surface area contributed by atoms with Gasteiger partial charge >= 0.3 is 0 Å². The van der Waals surface area contributed by atoms with Crippen LogP contribution in [0.1, 0.15) is 56.1 Å². The van der Waals surface area contributed by atoms with Crippen LogP contribution in [0.4, 0.5) is 0 Å². The number of nitrogens with one attached hydrogen (secondary N) is 1. The molecule has 0 bridgehead atoms. The van der Waals surface area contributed by atoms with Gasteiger partial charge < -0.3 is 14.6 Å². The van der Waals surface area contributed by atoms with Crippen LogP contribution in [0.15, 0.2) is 16.9 Å². The molecule has 2 aromatic heterocycles. The third-order valence-electron chi connectivity index (χ3n) is 4.28. The van der Waals surface area contributed by atoms with Crippen LogP contribution < -0.4 is 5.32 Å².